The Morgan fingerprint density at radius 2 is 1.84 bits per heavy atom. The van der Waals surface area contributed by atoms with Gasteiger partial charge in [-0.2, -0.15) is 0 Å². The lowest BCUT2D eigenvalue weighted by molar-refractivity contribution is -0.121. The highest BCUT2D eigenvalue weighted by molar-refractivity contribution is 6.37. The summed E-state index contributed by atoms with van der Waals surface area (Å²) in [5, 5.41) is 12.5. The first kappa shape index (κ1) is 14.4. The normalized spacial score (nSPS) is 17.4. The van der Waals surface area contributed by atoms with Gasteiger partial charge >= 0.3 is 0 Å². The molecule has 0 radical (unpaired) electrons. The third-order valence-electron chi connectivity index (χ3n) is 3.37. The molecule has 2 N–H and O–H groups in total. The summed E-state index contributed by atoms with van der Waals surface area (Å²) in [4.78, 5) is 14.3. The Bertz CT molecular complexity index is 463. The molecule has 19 heavy (non-hydrogen) atoms. The Morgan fingerprint density at radius 1 is 1.32 bits per heavy atom. The number of hydrogen-bond donors (Lipinski definition) is 2. The van der Waals surface area contributed by atoms with E-state index in [2.05, 4.69) is 10.2 Å². The van der Waals surface area contributed by atoms with E-state index in [4.69, 9.17) is 23.2 Å². The number of nitrogens with zero attached hydrogens (tertiary/aromatic N) is 1. The van der Waals surface area contributed by atoms with Crippen LogP contribution in [0.5, 0.6) is 5.75 Å². The van der Waals surface area contributed by atoms with Crippen LogP contribution in [0.2, 0.25) is 10.0 Å². The van der Waals surface area contributed by atoms with Crippen LogP contribution < -0.4 is 5.32 Å². The molecular formula is C13H16Cl2N2O2. The number of halogens is 2. The van der Waals surface area contributed by atoms with Gasteiger partial charge < -0.3 is 15.3 Å². The number of rotatable bonds is 2. The van der Waals surface area contributed by atoms with Crippen LogP contribution in [-0.2, 0) is 4.79 Å². The maximum Gasteiger partial charge on any atom is 0.227 e. The zero-order valence-corrected chi connectivity index (χ0v) is 12.1. The molecule has 1 heterocycles. The summed E-state index contributed by atoms with van der Waals surface area (Å²) in [6, 6.07) is 2.99. The summed E-state index contributed by atoms with van der Waals surface area (Å²) in [5.41, 5.74) is 0.511. The van der Waals surface area contributed by atoms with Crippen LogP contribution in [0, 0.1) is 5.92 Å². The molecule has 0 atom stereocenters. The molecule has 0 saturated carbocycles. The van der Waals surface area contributed by atoms with Crippen molar-refractivity contribution < 1.29 is 9.90 Å². The molecule has 1 fully saturated rings. The Hall–Kier alpha value is -0.970. The predicted octanol–water partition coefficient (Wildman–Crippen LogP) is 2.98. The fourth-order valence-corrected chi connectivity index (χ4v) is 2.64. The topological polar surface area (TPSA) is 52.6 Å². The third kappa shape index (κ3) is 3.53. The zero-order chi connectivity index (χ0) is 14.0. The van der Waals surface area contributed by atoms with E-state index in [9.17, 15) is 9.90 Å². The first-order valence-corrected chi connectivity index (χ1v) is 6.90. The Balaban J connectivity index is 2.03. The number of phenolic OH excluding ortho intramolecular Hbond substituents is 1. The van der Waals surface area contributed by atoms with Crippen LogP contribution in [0.3, 0.4) is 0 Å². The Morgan fingerprint density at radius 3 is 2.37 bits per heavy atom. The van der Waals surface area contributed by atoms with Crippen molar-refractivity contribution in [2.45, 2.75) is 12.8 Å². The van der Waals surface area contributed by atoms with E-state index in [0.29, 0.717) is 5.69 Å². The number of piperidine rings is 1. The van der Waals surface area contributed by atoms with Crippen molar-refractivity contribution in [2.75, 3.05) is 25.5 Å². The fourth-order valence-electron chi connectivity index (χ4n) is 2.15. The van der Waals surface area contributed by atoms with Crippen molar-refractivity contribution in [3.05, 3.63) is 22.2 Å². The quantitative estimate of drug-likeness (QED) is 0.826. The fraction of sp³-hybridized carbons (Fsp3) is 0.462. The van der Waals surface area contributed by atoms with Gasteiger partial charge in [0, 0.05) is 11.6 Å². The highest BCUT2D eigenvalue weighted by Crippen LogP contribution is 2.34. The lowest BCUT2D eigenvalue weighted by Crippen LogP contribution is -2.35. The maximum atomic E-state index is 12.1. The summed E-state index contributed by atoms with van der Waals surface area (Å²) in [5.74, 6) is -0.172. The van der Waals surface area contributed by atoms with Gasteiger partial charge in [0.1, 0.15) is 0 Å². The molecule has 1 aliphatic rings. The number of carbonyl (C=O) groups excluding carboxylic acids is 1. The van der Waals surface area contributed by atoms with Gasteiger partial charge in [0.15, 0.2) is 5.75 Å². The number of likely N-dealkylation sites (tertiary alicyclic amines) is 1. The monoisotopic (exact) mass is 302 g/mol. The highest BCUT2D eigenvalue weighted by atomic mass is 35.5. The molecule has 0 aromatic heterocycles. The van der Waals surface area contributed by atoms with E-state index in [1.807, 2.05) is 7.05 Å². The molecule has 0 aliphatic carbocycles. The van der Waals surface area contributed by atoms with Crippen molar-refractivity contribution in [3.63, 3.8) is 0 Å². The lowest BCUT2D eigenvalue weighted by Gasteiger charge is -2.28. The minimum atomic E-state index is -0.166. The molecule has 1 amide bonds. The van der Waals surface area contributed by atoms with Crippen molar-refractivity contribution >= 4 is 34.8 Å². The SMILES string of the molecule is CN1CCC(C(=O)Nc2cc(Cl)c(O)c(Cl)c2)CC1. The number of amides is 1. The van der Waals surface area contributed by atoms with Gasteiger partial charge in [-0.05, 0) is 45.1 Å². The molecule has 4 nitrogen and oxygen atoms in total. The second-order valence-electron chi connectivity index (χ2n) is 4.86. The zero-order valence-electron chi connectivity index (χ0n) is 10.6. The molecule has 0 spiro atoms. The Labute approximate surface area is 122 Å². The van der Waals surface area contributed by atoms with Crippen molar-refractivity contribution in [3.8, 4) is 5.75 Å². The summed E-state index contributed by atoms with van der Waals surface area (Å²) in [7, 11) is 2.05. The van der Waals surface area contributed by atoms with E-state index in [0.717, 1.165) is 25.9 Å². The van der Waals surface area contributed by atoms with E-state index >= 15 is 0 Å². The van der Waals surface area contributed by atoms with Crippen LogP contribution in [0.1, 0.15) is 12.8 Å². The molecule has 1 aromatic carbocycles. The molecule has 1 saturated heterocycles. The van der Waals surface area contributed by atoms with E-state index < -0.39 is 0 Å². The minimum absolute atomic E-state index is 0.0163. The summed E-state index contributed by atoms with van der Waals surface area (Å²) < 4.78 is 0. The number of nitrogens with one attached hydrogen (secondary N) is 1. The average molecular weight is 303 g/mol. The number of benzene rings is 1. The number of aromatic hydroxyl groups is 1. The number of anilines is 1. The van der Waals surface area contributed by atoms with Crippen molar-refractivity contribution in [1.82, 2.24) is 4.90 Å². The number of phenols is 1. The van der Waals surface area contributed by atoms with E-state index in [1.165, 1.54) is 12.1 Å². The summed E-state index contributed by atoms with van der Waals surface area (Å²) >= 11 is 11.6. The van der Waals surface area contributed by atoms with Gasteiger partial charge in [-0.3, -0.25) is 4.79 Å². The van der Waals surface area contributed by atoms with Gasteiger partial charge in [-0.15, -0.1) is 0 Å². The third-order valence-corrected chi connectivity index (χ3v) is 3.95. The summed E-state index contributed by atoms with van der Waals surface area (Å²) in [6.45, 7) is 1.85. The summed E-state index contributed by atoms with van der Waals surface area (Å²) in [6.07, 6.45) is 1.70. The van der Waals surface area contributed by atoms with E-state index in [1.54, 1.807) is 0 Å². The number of carbonyl (C=O) groups is 1. The molecule has 0 bridgehead atoms. The molecular weight excluding hydrogens is 287 g/mol. The second kappa shape index (κ2) is 5.99. The largest absolute Gasteiger partial charge is 0.505 e. The minimum Gasteiger partial charge on any atom is -0.505 e. The van der Waals surface area contributed by atoms with Gasteiger partial charge in [-0.1, -0.05) is 23.2 Å². The van der Waals surface area contributed by atoms with Crippen LogP contribution in [0.25, 0.3) is 0 Å². The molecule has 6 heteroatoms. The van der Waals surface area contributed by atoms with Crippen LogP contribution in [0.4, 0.5) is 5.69 Å². The van der Waals surface area contributed by atoms with Gasteiger partial charge in [0.2, 0.25) is 5.91 Å². The molecule has 1 aromatic rings. The molecule has 104 valence electrons. The van der Waals surface area contributed by atoms with Gasteiger partial charge in [0.05, 0.1) is 10.0 Å². The van der Waals surface area contributed by atoms with Crippen LogP contribution in [0.15, 0.2) is 12.1 Å². The molecule has 2 rings (SSSR count). The predicted molar refractivity (Wildman–Crippen MR) is 77.0 cm³/mol. The maximum absolute atomic E-state index is 12.1. The second-order valence-corrected chi connectivity index (χ2v) is 5.67. The van der Waals surface area contributed by atoms with Crippen LogP contribution >= 0.6 is 23.2 Å². The highest BCUT2D eigenvalue weighted by Gasteiger charge is 2.23. The standard InChI is InChI=1S/C13H16Cl2N2O2/c1-17-4-2-8(3-5-17)13(19)16-9-6-10(14)12(18)11(15)7-9/h6-8,18H,2-5H2,1H3,(H,16,19). The first-order chi connectivity index (χ1) is 8.97. The van der Waals surface area contributed by atoms with Crippen LogP contribution in [-0.4, -0.2) is 36.1 Å². The Kier molecular flexibility index (Phi) is 4.55. The number of hydrogen-bond acceptors (Lipinski definition) is 3. The van der Waals surface area contributed by atoms with Gasteiger partial charge in [0.25, 0.3) is 0 Å². The first-order valence-electron chi connectivity index (χ1n) is 6.15. The van der Waals surface area contributed by atoms with Gasteiger partial charge in [-0.25, -0.2) is 0 Å². The lowest BCUT2D eigenvalue weighted by atomic mass is 9.96. The average Bonchev–Trinajstić information content (AvgIpc) is 2.36. The van der Waals surface area contributed by atoms with Crippen molar-refractivity contribution in [2.24, 2.45) is 5.92 Å². The van der Waals surface area contributed by atoms with E-state index in [-0.39, 0.29) is 27.6 Å². The van der Waals surface area contributed by atoms with Crippen molar-refractivity contribution in [1.29, 1.82) is 0 Å². The molecule has 1 aliphatic heterocycles. The molecule has 0 unspecified atom stereocenters. The smallest absolute Gasteiger partial charge is 0.227 e.